The van der Waals surface area contributed by atoms with Gasteiger partial charge < -0.3 is 9.64 Å². The molecule has 1 rings (SSSR count). The normalized spacial score (nSPS) is 11.6. The molecule has 0 bridgehead atoms. The maximum absolute atomic E-state index is 12.6. The van der Waals surface area contributed by atoms with E-state index in [9.17, 15) is 9.59 Å². The molecule has 1 amide bonds. The lowest BCUT2D eigenvalue weighted by molar-refractivity contribution is -0.141. The van der Waals surface area contributed by atoms with Gasteiger partial charge in [0.15, 0.2) is 0 Å². The molecule has 1 heterocycles. The summed E-state index contributed by atoms with van der Waals surface area (Å²) in [6.07, 6.45) is 0. The number of methoxy groups -OCH3 is 1. The summed E-state index contributed by atoms with van der Waals surface area (Å²) in [5.74, 6) is -0.674. The van der Waals surface area contributed by atoms with Crippen LogP contribution in [0.15, 0.2) is 0 Å². The molecule has 20 heavy (non-hydrogen) atoms. The Morgan fingerprint density at radius 3 is 2.40 bits per heavy atom. The molecule has 0 fully saturated rings. The second kappa shape index (κ2) is 6.30. The van der Waals surface area contributed by atoms with Crippen molar-refractivity contribution in [2.75, 3.05) is 13.7 Å². The Hall–Kier alpha value is -1.50. The summed E-state index contributed by atoms with van der Waals surface area (Å²) >= 11 is 1.06. The number of hydrogen-bond acceptors (Lipinski definition) is 6. The zero-order valence-corrected chi connectivity index (χ0v) is 13.6. The fourth-order valence-corrected chi connectivity index (χ4v) is 2.48. The summed E-state index contributed by atoms with van der Waals surface area (Å²) in [5, 5.41) is 4.05. The van der Waals surface area contributed by atoms with Crippen LogP contribution in [0.5, 0.6) is 0 Å². The average Bonchev–Trinajstić information content (AvgIpc) is 2.83. The lowest BCUT2D eigenvalue weighted by atomic mass is 9.91. The molecular formula is C13H21N3O3S. The summed E-state index contributed by atoms with van der Waals surface area (Å²) in [6, 6.07) is -0.114. The van der Waals surface area contributed by atoms with Crippen molar-refractivity contribution < 1.29 is 14.3 Å². The third-order valence-corrected chi connectivity index (χ3v) is 3.52. The lowest BCUT2D eigenvalue weighted by Gasteiger charge is -2.26. The highest BCUT2D eigenvalue weighted by Crippen LogP contribution is 2.27. The van der Waals surface area contributed by atoms with Crippen molar-refractivity contribution in [1.29, 1.82) is 0 Å². The number of aromatic nitrogens is 2. The van der Waals surface area contributed by atoms with E-state index in [0.717, 1.165) is 11.5 Å². The van der Waals surface area contributed by atoms with Gasteiger partial charge in [-0.15, -0.1) is 5.10 Å². The molecule has 0 atom stereocenters. The Kier molecular flexibility index (Phi) is 5.21. The smallest absolute Gasteiger partial charge is 0.325 e. The number of rotatable bonds is 4. The van der Waals surface area contributed by atoms with Gasteiger partial charge in [-0.3, -0.25) is 9.59 Å². The van der Waals surface area contributed by atoms with Crippen LogP contribution in [0.4, 0.5) is 0 Å². The van der Waals surface area contributed by atoms with Gasteiger partial charge in [-0.1, -0.05) is 25.3 Å². The molecule has 0 aliphatic heterocycles. The van der Waals surface area contributed by atoms with Crippen molar-refractivity contribution in [2.45, 2.75) is 46.1 Å². The van der Waals surface area contributed by atoms with Crippen molar-refractivity contribution >= 4 is 23.4 Å². The number of ether oxygens (including phenoxy) is 1. The summed E-state index contributed by atoms with van der Waals surface area (Å²) in [6.45, 7) is 9.55. The molecule has 112 valence electrons. The third-order valence-electron chi connectivity index (χ3n) is 2.80. The lowest BCUT2D eigenvalue weighted by Crippen LogP contribution is -2.41. The minimum Gasteiger partial charge on any atom is -0.468 e. The summed E-state index contributed by atoms with van der Waals surface area (Å²) in [7, 11) is 1.31. The SMILES string of the molecule is COC(=O)CN(C(=O)c1snnc1C(C)(C)C)C(C)C. The summed E-state index contributed by atoms with van der Waals surface area (Å²) in [5.41, 5.74) is 0.384. The van der Waals surface area contributed by atoms with Gasteiger partial charge in [0.05, 0.1) is 12.8 Å². The van der Waals surface area contributed by atoms with Crippen molar-refractivity contribution in [1.82, 2.24) is 14.5 Å². The van der Waals surface area contributed by atoms with Crippen molar-refractivity contribution in [2.24, 2.45) is 0 Å². The number of amides is 1. The average molecular weight is 299 g/mol. The summed E-state index contributed by atoms with van der Waals surface area (Å²) in [4.78, 5) is 26.0. The first-order valence-corrected chi connectivity index (χ1v) is 7.16. The van der Waals surface area contributed by atoms with E-state index in [4.69, 9.17) is 0 Å². The van der Waals surface area contributed by atoms with Crippen LogP contribution in [-0.4, -0.2) is 46.1 Å². The number of nitrogens with zero attached hydrogens (tertiary/aromatic N) is 3. The van der Waals surface area contributed by atoms with Crippen LogP contribution in [0.1, 0.15) is 50.0 Å². The van der Waals surface area contributed by atoms with Gasteiger partial charge in [-0.25, -0.2) is 0 Å². The molecule has 0 unspecified atom stereocenters. The Morgan fingerprint density at radius 1 is 1.35 bits per heavy atom. The summed E-state index contributed by atoms with van der Waals surface area (Å²) < 4.78 is 8.51. The van der Waals surface area contributed by atoms with Crippen LogP contribution < -0.4 is 0 Å². The second-order valence-electron chi connectivity index (χ2n) is 5.80. The molecule has 0 aliphatic carbocycles. The molecule has 0 spiro atoms. The molecule has 0 aromatic carbocycles. The molecule has 1 aromatic heterocycles. The van der Waals surface area contributed by atoms with Crippen LogP contribution in [0.3, 0.4) is 0 Å². The Balaban J connectivity index is 3.08. The maximum Gasteiger partial charge on any atom is 0.325 e. The first kappa shape index (κ1) is 16.6. The molecule has 0 radical (unpaired) electrons. The monoisotopic (exact) mass is 299 g/mol. The zero-order valence-electron chi connectivity index (χ0n) is 12.8. The highest BCUT2D eigenvalue weighted by atomic mass is 32.1. The first-order valence-electron chi connectivity index (χ1n) is 6.39. The highest BCUT2D eigenvalue weighted by molar-refractivity contribution is 7.08. The van der Waals surface area contributed by atoms with Crippen molar-refractivity contribution in [3.63, 3.8) is 0 Å². The van der Waals surface area contributed by atoms with E-state index >= 15 is 0 Å². The van der Waals surface area contributed by atoms with Crippen molar-refractivity contribution in [3.05, 3.63) is 10.6 Å². The Morgan fingerprint density at radius 2 is 1.95 bits per heavy atom. The van der Waals surface area contributed by atoms with Crippen molar-refractivity contribution in [3.8, 4) is 0 Å². The fraction of sp³-hybridized carbons (Fsp3) is 0.692. The topological polar surface area (TPSA) is 72.4 Å². The molecule has 0 saturated carbocycles. The standard InChI is InChI=1S/C13H21N3O3S/c1-8(2)16(7-9(17)19-6)12(18)10-11(13(3,4)5)14-15-20-10/h8H,7H2,1-6H3. The van der Waals surface area contributed by atoms with Crippen LogP contribution >= 0.6 is 11.5 Å². The first-order chi connectivity index (χ1) is 9.18. The number of hydrogen-bond donors (Lipinski definition) is 0. The van der Waals surface area contributed by atoms with E-state index in [0.29, 0.717) is 10.6 Å². The number of carbonyl (C=O) groups is 2. The van der Waals surface area contributed by atoms with Gasteiger partial charge in [0, 0.05) is 11.5 Å². The van der Waals surface area contributed by atoms with Crippen LogP contribution in [0, 0.1) is 0 Å². The predicted molar refractivity (Wildman–Crippen MR) is 76.8 cm³/mol. The van der Waals surface area contributed by atoms with Gasteiger partial charge in [-0.2, -0.15) is 0 Å². The minimum absolute atomic E-state index is 0.0749. The third kappa shape index (κ3) is 3.75. The molecule has 0 saturated heterocycles. The van der Waals surface area contributed by atoms with Crippen LogP contribution in [0.2, 0.25) is 0 Å². The number of esters is 1. The molecule has 7 heteroatoms. The fourth-order valence-electron chi connectivity index (χ4n) is 1.64. The van der Waals surface area contributed by atoms with E-state index in [1.54, 1.807) is 0 Å². The van der Waals surface area contributed by atoms with Crippen LogP contribution in [0.25, 0.3) is 0 Å². The van der Waals surface area contributed by atoms with Gasteiger partial charge in [0.25, 0.3) is 5.91 Å². The molecule has 0 aliphatic rings. The van der Waals surface area contributed by atoms with Gasteiger partial charge in [-0.05, 0) is 25.4 Å². The molecule has 0 N–H and O–H groups in total. The van der Waals surface area contributed by atoms with Gasteiger partial charge >= 0.3 is 5.97 Å². The quantitative estimate of drug-likeness (QED) is 0.793. The molecule has 6 nitrogen and oxygen atoms in total. The van der Waals surface area contributed by atoms with E-state index in [1.165, 1.54) is 12.0 Å². The Bertz CT molecular complexity index is 491. The largest absolute Gasteiger partial charge is 0.468 e. The highest BCUT2D eigenvalue weighted by Gasteiger charge is 2.31. The van der Waals surface area contributed by atoms with Crippen LogP contribution in [-0.2, 0) is 14.9 Å². The predicted octanol–water partition coefficient (Wildman–Crippen LogP) is 1.86. The molecular weight excluding hydrogens is 278 g/mol. The van der Waals surface area contributed by atoms with E-state index < -0.39 is 5.97 Å². The second-order valence-corrected chi connectivity index (χ2v) is 6.56. The van der Waals surface area contributed by atoms with Gasteiger partial charge in [0.2, 0.25) is 0 Å². The molecule has 1 aromatic rings. The number of carbonyl (C=O) groups excluding carboxylic acids is 2. The van der Waals surface area contributed by atoms with E-state index in [-0.39, 0.29) is 23.9 Å². The van der Waals surface area contributed by atoms with Gasteiger partial charge in [0.1, 0.15) is 11.4 Å². The Labute approximate surface area is 123 Å². The van der Waals surface area contributed by atoms with E-state index in [1.807, 2.05) is 34.6 Å². The maximum atomic E-state index is 12.6. The van der Waals surface area contributed by atoms with E-state index in [2.05, 4.69) is 14.3 Å². The minimum atomic E-state index is -0.443. The zero-order chi connectivity index (χ0) is 15.5.